The Morgan fingerprint density at radius 1 is 1.18 bits per heavy atom. The summed E-state index contributed by atoms with van der Waals surface area (Å²) in [7, 11) is 0. The maximum Gasteiger partial charge on any atom is 0.304 e. The van der Waals surface area contributed by atoms with E-state index in [2.05, 4.69) is 5.92 Å². The van der Waals surface area contributed by atoms with Crippen molar-refractivity contribution in [3.05, 3.63) is 0 Å². The number of hydrogen-bond acceptors (Lipinski definition) is 2. The normalized spacial score (nSPS) is 67.1. The van der Waals surface area contributed by atoms with E-state index in [4.69, 9.17) is 11.2 Å². The van der Waals surface area contributed by atoms with E-state index in [1.807, 2.05) is 0 Å². The van der Waals surface area contributed by atoms with E-state index in [1.54, 1.807) is 0 Å². The molecule has 0 N–H and O–H groups in total. The lowest BCUT2D eigenvalue weighted by Crippen LogP contribution is -2.55. The highest BCUT2D eigenvalue weighted by molar-refractivity contribution is 5.67. The molecule has 2 nitrogen and oxygen atoms in total. The lowest BCUT2D eigenvalue weighted by atomic mass is 9.56. The maximum absolute atomic E-state index is 11.4. The van der Waals surface area contributed by atoms with Gasteiger partial charge >= 0.3 is 5.97 Å². The largest absolute Gasteiger partial charge is 0.445 e. The van der Waals surface area contributed by atoms with Gasteiger partial charge in [0, 0.05) is 18.8 Å². The molecule has 2 heteroatoms. The van der Waals surface area contributed by atoms with Crippen molar-refractivity contribution in [3.63, 3.8) is 0 Å². The van der Waals surface area contributed by atoms with Crippen molar-refractivity contribution in [2.24, 2.45) is 47.3 Å². The first-order chi connectivity index (χ1) is 8.19. The molecule has 9 atom stereocenters. The van der Waals surface area contributed by atoms with Crippen molar-refractivity contribution in [2.75, 3.05) is 0 Å². The first kappa shape index (κ1) is 9.03. The molecule has 5 saturated carbocycles. The minimum absolute atomic E-state index is 0.185. The molecule has 0 amide bonds. The monoisotopic (exact) mass is 228 g/mol. The highest BCUT2D eigenvalue weighted by Crippen LogP contribution is 2.85. The van der Waals surface area contributed by atoms with Crippen LogP contribution in [0.25, 0.3) is 0 Å². The number of ether oxygens (including phenoxy) is 1. The van der Waals surface area contributed by atoms with Crippen LogP contribution in [0, 0.1) is 59.7 Å². The van der Waals surface area contributed by atoms with Gasteiger partial charge in [-0.05, 0) is 48.3 Å². The van der Waals surface area contributed by atoms with Crippen molar-refractivity contribution in [3.8, 4) is 12.3 Å². The Morgan fingerprint density at radius 2 is 1.88 bits per heavy atom. The quantitative estimate of drug-likeness (QED) is 0.504. The standard InChI is InChI=1S/C15H16O2/c1-3-15(17-6(2)16)13-8-5-9-11-7(8)4-10(13)12(11)14(9)15/h1,7-14H,4-5H2,2H3/t7?,8?,9?,10?,11?,12?,13?,14?,15-/m0/s1. The predicted octanol–water partition coefficient (Wildman–Crippen LogP) is 1.70. The zero-order valence-corrected chi connectivity index (χ0v) is 9.93. The van der Waals surface area contributed by atoms with Crippen LogP contribution in [0.5, 0.6) is 0 Å². The van der Waals surface area contributed by atoms with Gasteiger partial charge in [0.25, 0.3) is 0 Å². The molecule has 0 aliphatic heterocycles. The average Bonchev–Trinajstić information content (AvgIpc) is 2.75. The summed E-state index contributed by atoms with van der Waals surface area (Å²) in [5.41, 5.74) is -0.503. The van der Waals surface area contributed by atoms with E-state index in [9.17, 15) is 4.79 Å². The lowest BCUT2D eigenvalue weighted by molar-refractivity contribution is -0.172. The van der Waals surface area contributed by atoms with Gasteiger partial charge < -0.3 is 4.74 Å². The molecule has 0 aromatic carbocycles. The van der Waals surface area contributed by atoms with Gasteiger partial charge in [0.15, 0.2) is 5.60 Å². The van der Waals surface area contributed by atoms with Crippen molar-refractivity contribution < 1.29 is 9.53 Å². The second-order valence-corrected chi connectivity index (χ2v) is 6.86. The molecule has 0 heterocycles. The Balaban J connectivity index is 1.70. The van der Waals surface area contributed by atoms with E-state index < -0.39 is 5.60 Å². The molecule has 8 unspecified atom stereocenters. The molecular weight excluding hydrogens is 212 g/mol. The number of rotatable bonds is 1. The van der Waals surface area contributed by atoms with Gasteiger partial charge in [0.05, 0.1) is 0 Å². The molecule has 88 valence electrons. The molecule has 5 fully saturated rings. The van der Waals surface area contributed by atoms with Crippen LogP contribution in [0.4, 0.5) is 0 Å². The number of fused-ring (bicyclic) bond motifs is 2. The van der Waals surface area contributed by atoms with Crippen molar-refractivity contribution >= 4 is 5.97 Å². The molecule has 0 saturated heterocycles. The second kappa shape index (κ2) is 2.28. The first-order valence-corrected chi connectivity index (χ1v) is 6.86. The Morgan fingerprint density at radius 3 is 2.59 bits per heavy atom. The number of esters is 1. The van der Waals surface area contributed by atoms with Crippen molar-refractivity contribution in [2.45, 2.75) is 25.4 Å². The van der Waals surface area contributed by atoms with Gasteiger partial charge in [-0.2, -0.15) is 0 Å². The summed E-state index contributed by atoms with van der Waals surface area (Å²) < 4.78 is 5.73. The molecule has 0 radical (unpaired) electrons. The van der Waals surface area contributed by atoms with Gasteiger partial charge in [-0.1, -0.05) is 5.92 Å². The van der Waals surface area contributed by atoms with E-state index in [0.717, 1.165) is 35.5 Å². The fourth-order valence-corrected chi connectivity index (χ4v) is 7.11. The highest BCUT2D eigenvalue weighted by atomic mass is 16.6. The van der Waals surface area contributed by atoms with Crippen LogP contribution in [-0.4, -0.2) is 11.6 Å². The molecule has 0 aromatic heterocycles. The van der Waals surface area contributed by atoms with Crippen LogP contribution < -0.4 is 0 Å². The Hall–Kier alpha value is -0.970. The molecule has 2 bridgehead atoms. The fraction of sp³-hybridized carbons (Fsp3) is 0.800. The van der Waals surface area contributed by atoms with Gasteiger partial charge in [0.2, 0.25) is 0 Å². The fourth-order valence-electron chi connectivity index (χ4n) is 7.11. The SMILES string of the molecule is C#C[C@]1(OC(C)=O)C2C3CC4C5C3CC2C5C41. The third-order valence-electron chi connectivity index (χ3n) is 6.89. The summed E-state index contributed by atoms with van der Waals surface area (Å²) in [6.45, 7) is 1.51. The Labute approximate surface area is 101 Å². The topological polar surface area (TPSA) is 26.3 Å². The lowest BCUT2D eigenvalue weighted by Gasteiger charge is -2.50. The summed E-state index contributed by atoms with van der Waals surface area (Å²) in [5.74, 6) is 8.83. The molecule has 17 heavy (non-hydrogen) atoms. The van der Waals surface area contributed by atoms with Gasteiger partial charge in [-0.15, -0.1) is 6.42 Å². The molecule has 5 aliphatic rings. The van der Waals surface area contributed by atoms with Crippen molar-refractivity contribution in [1.29, 1.82) is 0 Å². The number of hydrogen-bond donors (Lipinski definition) is 0. The highest BCUT2D eigenvalue weighted by Gasteiger charge is 2.85. The summed E-state index contributed by atoms with van der Waals surface area (Å²) in [4.78, 5) is 11.4. The molecular formula is C15H16O2. The van der Waals surface area contributed by atoms with E-state index in [0.29, 0.717) is 11.8 Å². The van der Waals surface area contributed by atoms with Gasteiger partial charge in [-0.3, -0.25) is 4.79 Å². The summed E-state index contributed by atoms with van der Waals surface area (Å²) in [6, 6.07) is 0. The summed E-state index contributed by atoms with van der Waals surface area (Å²) in [5, 5.41) is 0. The van der Waals surface area contributed by atoms with Gasteiger partial charge in [-0.25, -0.2) is 0 Å². The molecule has 0 spiro atoms. The second-order valence-electron chi connectivity index (χ2n) is 6.86. The van der Waals surface area contributed by atoms with Gasteiger partial charge in [0.1, 0.15) is 0 Å². The predicted molar refractivity (Wildman–Crippen MR) is 60.5 cm³/mol. The van der Waals surface area contributed by atoms with Crippen LogP contribution in [0.2, 0.25) is 0 Å². The zero-order chi connectivity index (χ0) is 11.5. The number of terminal acetylenes is 1. The Bertz CT molecular complexity index is 484. The minimum Gasteiger partial charge on any atom is -0.445 e. The van der Waals surface area contributed by atoms with Crippen molar-refractivity contribution in [1.82, 2.24) is 0 Å². The van der Waals surface area contributed by atoms with E-state index in [1.165, 1.54) is 19.8 Å². The number of carbonyl (C=O) groups is 1. The van der Waals surface area contributed by atoms with Crippen LogP contribution in [0.3, 0.4) is 0 Å². The minimum atomic E-state index is -0.503. The van der Waals surface area contributed by atoms with Crippen LogP contribution in [-0.2, 0) is 9.53 Å². The summed E-state index contributed by atoms with van der Waals surface area (Å²) in [6.07, 6.45) is 8.58. The van der Waals surface area contributed by atoms with E-state index in [-0.39, 0.29) is 5.97 Å². The van der Waals surface area contributed by atoms with Crippen LogP contribution in [0.15, 0.2) is 0 Å². The van der Waals surface area contributed by atoms with E-state index >= 15 is 0 Å². The molecule has 5 aliphatic carbocycles. The van der Waals surface area contributed by atoms with Crippen LogP contribution in [0.1, 0.15) is 19.8 Å². The smallest absolute Gasteiger partial charge is 0.304 e. The Kier molecular flexibility index (Phi) is 1.21. The molecule has 0 aromatic rings. The summed E-state index contributed by atoms with van der Waals surface area (Å²) >= 11 is 0. The third-order valence-corrected chi connectivity index (χ3v) is 6.89. The number of carbonyl (C=O) groups excluding carboxylic acids is 1. The maximum atomic E-state index is 11.4. The van der Waals surface area contributed by atoms with Crippen LogP contribution >= 0.6 is 0 Å². The third kappa shape index (κ3) is 0.642. The molecule has 5 rings (SSSR count). The zero-order valence-electron chi connectivity index (χ0n) is 9.93. The first-order valence-electron chi connectivity index (χ1n) is 6.86. The average molecular weight is 228 g/mol.